The first-order chi connectivity index (χ1) is 6.27. The van der Waals surface area contributed by atoms with E-state index in [0.29, 0.717) is 0 Å². The average Bonchev–Trinajstić information content (AvgIpc) is 2.91. The minimum absolute atomic E-state index is 0.160. The van der Waals surface area contributed by atoms with E-state index in [0.717, 1.165) is 12.8 Å². The third-order valence-electron chi connectivity index (χ3n) is 2.16. The maximum absolute atomic E-state index is 11.3. The second-order valence-electron chi connectivity index (χ2n) is 3.28. The van der Waals surface area contributed by atoms with Crippen molar-refractivity contribution in [2.45, 2.75) is 19.4 Å². The molecule has 1 aromatic heterocycles. The van der Waals surface area contributed by atoms with Crippen molar-refractivity contribution in [3.63, 3.8) is 0 Å². The van der Waals surface area contributed by atoms with Gasteiger partial charge in [0, 0.05) is 18.3 Å². The molecule has 0 radical (unpaired) electrons. The number of carbonyl (C=O) groups excluding carboxylic acids is 1. The minimum Gasteiger partial charge on any atom is -0.305 e. The molecule has 0 N–H and O–H groups in total. The van der Waals surface area contributed by atoms with E-state index in [1.54, 1.807) is 6.20 Å². The third kappa shape index (κ3) is 1.83. The molecule has 4 nitrogen and oxygen atoms in total. The molecule has 1 aliphatic carbocycles. The van der Waals surface area contributed by atoms with Crippen LogP contribution < -0.4 is 5.56 Å². The highest BCUT2D eigenvalue weighted by molar-refractivity contribution is 5.82. The van der Waals surface area contributed by atoms with Gasteiger partial charge in [-0.15, -0.1) is 0 Å². The van der Waals surface area contributed by atoms with E-state index in [9.17, 15) is 9.59 Å². The monoisotopic (exact) mass is 178 g/mol. The molecule has 1 aromatic rings. The van der Waals surface area contributed by atoms with Crippen LogP contribution >= 0.6 is 0 Å². The van der Waals surface area contributed by atoms with E-state index in [1.807, 2.05) is 0 Å². The van der Waals surface area contributed by atoms with Crippen molar-refractivity contribution >= 4 is 5.78 Å². The fraction of sp³-hybridized carbons (Fsp3) is 0.444. The normalized spacial score (nSPS) is 15.7. The molecule has 0 saturated heterocycles. The smallest absolute Gasteiger partial charge is 0.269 e. The van der Waals surface area contributed by atoms with Crippen molar-refractivity contribution < 1.29 is 4.79 Å². The Balaban J connectivity index is 2.13. The van der Waals surface area contributed by atoms with Crippen LogP contribution in [0.5, 0.6) is 0 Å². The summed E-state index contributed by atoms with van der Waals surface area (Å²) in [5.41, 5.74) is -0.212. The predicted molar refractivity (Wildman–Crippen MR) is 46.2 cm³/mol. The molecule has 0 unspecified atom stereocenters. The summed E-state index contributed by atoms with van der Waals surface area (Å²) in [6.45, 7) is 0.200. The molecule has 0 amide bonds. The topological polar surface area (TPSA) is 52.0 Å². The van der Waals surface area contributed by atoms with Crippen molar-refractivity contribution in [3.8, 4) is 0 Å². The summed E-state index contributed by atoms with van der Waals surface area (Å²) in [5, 5.41) is 0. The SMILES string of the molecule is O=C(Cn1ccncc1=O)C1CC1. The van der Waals surface area contributed by atoms with Crippen molar-refractivity contribution in [2.75, 3.05) is 0 Å². The lowest BCUT2D eigenvalue weighted by Gasteiger charge is -2.01. The number of aromatic nitrogens is 2. The van der Waals surface area contributed by atoms with Crippen LogP contribution in [0.3, 0.4) is 0 Å². The van der Waals surface area contributed by atoms with Crippen LogP contribution in [0.2, 0.25) is 0 Å². The molecule has 0 bridgehead atoms. The van der Waals surface area contributed by atoms with Gasteiger partial charge in [-0.2, -0.15) is 0 Å². The van der Waals surface area contributed by atoms with Crippen LogP contribution in [0.25, 0.3) is 0 Å². The molecule has 1 fully saturated rings. The van der Waals surface area contributed by atoms with E-state index in [4.69, 9.17) is 0 Å². The summed E-state index contributed by atoms with van der Waals surface area (Å²) >= 11 is 0. The van der Waals surface area contributed by atoms with Crippen LogP contribution in [0.15, 0.2) is 23.4 Å². The average molecular weight is 178 g/mol. The van der Waals surface area contributed by atoms with E-state index >= 15 is 0 Å². The second kappa shape index (κ2) is 3.12. The Morgan fingerprint density at radius 3 is 3.00 bits per heavy atom. The van der Waals surface area contributed by atoms with Crippen LogP contribution in [-0.4, -0.2) is 15.3 Å². The largest absolute Gasteiger partial charge is 0.305 e. The molecular weight excluding hydrogens is 168 g/mol. The summed E-state index contributed by atoms with van der Waals surface area (Å²) in [4.78, 5) is 26.2. The quantitative estimate of drug-likeness (QED) is 0.665. The molecule has 1 heterocycles. The Kier molecular flexibility index (Phi) is 1.96. The van der Waals surface area contributed by atoms with Gasteiger partial charge >= 0.3 is 0 Å². The summed E-state index contributed by atoms with van der Waals surface area (Å²) in [7, 11) is 0. The molecule has 0 spiro atoms. The summed E-state index contributed by atoms with van der Waals surface area (Å²) in [6, 6.07) is 0. The van der Waals surface area contributed by atoms with Gasteiger partial charge in [0.05, 0.1) is 12.7 Å². The van der Waals surface area contributed by atoms with Crippen LogP contribution in [0.4, 0.5) is 0 Å². The van der Waals surface area contributed by atoms with Crippen molar-refractivity contribution in [2.24, 2.45) is 5.92 Å². The Hall–Kier alpha value is -1.45. The zero-order valence-corrected chi connectivity index (χ0v) is 7.14. The first kappa shape index (κ1) is 8.16. The molecule has 4 heteroatoms. The molecule has 13 heavy (non-hydrogen) atoms. The first-order valence-electron chi connectivity index (χ1n) is 4.30. The fourth-order valence-corrected chi connectivity index (χ4v) is 1.21. The van der Waals surface area contributed by atoms with Gasteiger partial charge in [-0.1, -0.05) is 0 Å². The Labute approximate surface area is 75.2 Å². The number of hydrogen-bond acceptors (Lipinski definition) is 3. The molecule has 0 aromatic carbocycles. The van der Waals surface area contributed by atoms with E-state index in [-0.39, 0.29) is 23.8 Å². The van der Waals surface area contributed by atoms with Crippen molar-refractivity contribution in [3.05, 3.63) is 28.9 Å². The third-order valence-corrected chi connectivity index (χ3v) is 2.16. The zero-order chi connectivity index (χ0) is 9.26. The van der Waals surface area contributed by atoms with Gasteiger partial charge in [0.15, 0.2) is 5.78 Å². The first-order valence-corrected chi connectivity index (χ1v) is 4.30. The molecule has 2 rings (SSSR count). The van der Waals surface area contributed by atoms with Crippen molar-refractivity contribution in [1.82, 2.24) is 9.55 Å². The molecule has 1 aliphatic rings. The van der Waals surface area contributed by atoms with Gasteiger partial charge in [0.2, 0.25) is 0 Å². The van der Waals surface area contributed by atoms with Crippen LogP contribution in [0, 0.1) is 5.92 Å². The Morgan fingerprint density at radius 2 is 2.38 bits per heavy atom. The number of ketones is 1. The highest BCUT2D eigenvalue weighted by Gasteiger charge is 2.29. The number of rotatable bonds is 3. The lowest BCUT2D eigenvalue weighted by atomic mass is 10.2. The van der Waals surface area contributed by atoms with Gasteiger partial charge in [-0.3, -0.25) is 14.6 Å². The lowest BCUT2D eigenvalue weighted by Crippen LogP contribution is -2.23. The standard InChI is InChI=1S/C9H10N2O2/c12-8(7-1-2-7)6-11-4-3-10-5-9(11)13/h3-5,7H,1-2,6H2. The van der Waals surface area contributed by atoms with Gasteiger partial charge in [0.1, 0.15) is 0 Å². The minimum atomic E-state index is -0.212. The van der Waals surface area contributed by atoms with E-state index < -0.39 is 0 Å². The van der Waals surface area contributed by atoms with Crippen molar-refractivity contribution in [1.29, 1.82) is 0 Å². The number of Topliss-reactive ketones (excluding diaryl/α,β-unsaturated/α-hetero) is 1. The number of hydrogen-bond donors (Lipinski definition) is 0. The lowest BCUT2D eigenvalue weighted by molar-refractivity contribution is -0.120. The summed E-state index contributed by atoms with van der Waals surface area (Å²) in [5.74, 6) is 0.369. The summed E-state index contributed by atoms with van der Waals surface area (Å²) in [6.07, 6.45) is 6.25. The highest BCUT2D eigenvalue weighted by atomic mass is 16.1. The van der Waals surface area contributed by atoms with E-state index in [1.165, 1.54) is 17.0 Å². The Morgan fingerprint density at radius 1 is 1.62 bits per heavy atom. The second-order valence-corrected chi connectivity index (χ2v) is 3.28. The van der Waals surface area contributed by atoms with Crippen LogP contribution in [0.1, 0.15) is 12.8 Å². The van der Waals surface area contributed by atoms with Gasteiger partial charge in [0.25, 0.3) is 5.56 Å². The van der Waals surface area contributed by atoms with E-state index in [2.05, 4.69) is 4.98 Å². The maximum Gasteiger partial charge on any atom is 0.269 e. The van der Waals surface area contributed by atoms with Gasteiger partial charge in [-0.25, -0.2) is 0 Å². The zero-order valence-electron chi connectivity index (χ0n) is 7.14. The molecule has 1 saturated carbocycles. The van der Waals surface area contributed by atoms with Gasteiger partial charge in [-0.05, 0) is 12.8 Å². The molecule has 0 aliphatic heterocycles. The Bertz CT molecular complexity index is 379. The summed E-state index contributed by atoms with van der Waals surface area (Å²) < 4.78 is 1.40. The molecular formula is C9H10N2O2. The maximum atomic E-state index is 11.3. The fourth-order valence-electron chi connectivity index (χ4n) is 1.21. The van der Waals surface area contributed by atoms with Gasteiger partial charge < -0.3 is 4.57 Å². The molecule has 0 atom stereocenters. The highest BCUT2D eigenvalue weighted by Crippen LogP contribution is 2.29. The molecule has 68 valence electrons. The van der Waals surface area contributed by atoms with Crippen LogP contribution in [-0.2, 0) is 11.3 Å². The predicted octanol–water partition coefficient (Wildman–Crippen LogP) is 0.222. The number of carbonyl (C=O) groups is 1. The number of nitrogens with zero attached hydrogens (tertiary/aromatic N) is 2.